The number of nitrogens with two attached hydrogens (primary N) is 1. The van der Waals surface area contributed by atoms with Crippen LogP contribution in [0, 0.1) is 0 Å². The molecule has 0 aliphatic carbocycles. The molecule has 6 nitrogen and oxygen atoms in total. The first kappa shape index (κ1) is 12.6. The zero-order valence-corrected chi connectivity index (χ0v) is 11.2. The molecule has 20 heavy (non-hydrogen) atoms. The van der Waals surface area contributed by atoms with Gasteiger partial charge in [0.2, 0.25) is 0 Å². The summed E-state index contributed by atoms with van der Waals surface area (Å²) in [6, 6.07) is 11.3. The lowest BCUT2D eigenvalue weighted by Crippen LogP contribution is -2.18. The number of hydrogen-bond donors (Lipinski definition) is 1. The number of rotatable bonds is 4. The minimum atomic E-state index is -0.324. The van der Waals surface area contributed by atoms with E-state index in [0.29, 0.717) is 0 Å². The van der Waals surface area contributed by atoms with Crippen molar-refractivity contribution in [3.63, 3.8) is 0 Å². The third-order valence-electron chi connectivity index (χ3n) is 3.18. The van der Waals surface area contributed by atoms with Crippen molar-refractivity contribution in [1.29, 1.82) is 0 Å². The Morgan fingerprint density at radius 1 is 1.15 bits per heavy atom. The molecular formula is C14H16N6. The van der Waals surface area contributed by atoms with Crippen LogP contribution in [0.1, 0.15) is 24.4 Å². The fourth-order valence-electron chi connectivity index (χ4n) is 2.13. The van der Waals surface area contributed by atoms with Gasteiger partial charge in [0, 0.05) is 12.7 Å². The van der Waals surface area contributed by atoms with E-state index in [1.807, 2.05) is 48.0 Å². The van der Waals surface area contributed by atoms with E-state index in [-0.39, 0.29) is 6.04 Å². The predicted molar refractivity (Wildman–Crippen MR) is 75.3 cm³/mol. The third-order valence-corrected chi connectivity index (χ3v) is 3.18. The molecule has 3 aromatic rings. The molecule has 1 atom stereocenters. The van der Waals surface area contributed by atoms with E-state index in [4.69, 9.17) is 5.73 Å². The second-order valence-corrected chi connectivity index (χ2v) is 4.44. The summed E-state index contributed by atoms with van der Waals surface area (Å²) in [4.78, 5) is 1.59. The molecule has 102 valence electrons. The highest BCUT2D eigenvalue weighted by Crippen LogP contribution is 2.17. The van der Waals surface area contributed by atoms with Crippen molar-refractivity contribution in [3.05, 3.63) is 60.2 Å². The Morgan fingerprint density at radius 2 is 1.95 bits per heavy atom. The number of para-hydroxylation sites is 1. The summed E-state index contributed by atoms with van der Waals surface area (Å²) in [5.41, 5.74) is 8.83. The molecule has 3 rings (SSSR count). The molecule has 0 fully saturated rings. The summed E-state index contributed by atoms with van der Waals surface area (Å²) in [7, 11) is 0. The van der Waals surface area contributed by atoms with Gasteiger partial charge in [-0.3, -0.25) is 4.68 Å². The van der Waals surface area contributed by atoms with Gasteiger partial charge in [-0.05, 0) is 25.1 Å². The molecule has 0 saturated carbocycles. The van der Waals surface area contributed by atoms with Crippen molar-refractivity contribution in [2.45, 2.75) is 19.5 Å². The van der Waals surface area contributed by atoms with Gasteiger partial charge >= 0.3 is 0 Å². The van der Waals surface area contributed by atoms with Gasteiger partial charge in [-0.25, -0.2) is 0 Å². The highest BCUT2D eigenvalue weighted by atomic mass is 15.5. The van der Waals surface area contributed by atoms with Crippen LogP contribution in [0.25, 0.3) is 5.69 Å². The first-order chi connectivity index (χ1) is 9.79. The molecule has 2 heterocycles. The average Bonchev–Trinajstić information content (AvgIpc) is 3.16. The number of aromatic nitrogens is 5. The van der Waals surface area contributed by atoms with Crippen molar-refractivity contribution in [1.82, 2.24) is 24.8 Å². The van der Waals surface area contributed by atoms with Gasteiger partial charge < -0.3 is 5.73 Å². The SMILES string of the molecule is CCn1nccc1C(N)c1cnn(-c2ccccc2)n1. The Hall–Kier alpha value is -2.47. The lowest BCUT2D eigenvalue weighted by molar-refractivity contribution is 0.593. The standard InChI is InChI=1S/C14H16N6/c1-2-19-13(8-9-16-19)14(15)12-10-17-20(18-12)11-6-4-3-5-7-11/h3-10,14H,2,15H2,1H3. The molecule has 0 saturated heterocycles. The highest BCUT2D eigenvalue weighted by Gasteiger charge is 2.17. The van der Waals surface area contributed by atoms with Gasteiger partial charge in [0.1, 0.15) is 5.69 Å². The van der Waals surface area contributed by atoms with E-state index in [0.717, 1.165) is 23.6 Å². The number of benzene rings is 1. The minimum absolute atomic E-state index is 0.324. The van der Waals surface area contributed by atoms with Crippen LogP contribution in [0.15, 0.2) is 48.8 Å². The first-order valence-corrected chi connectivity index (χ1v) is 6.54. The number of nitrogens with zero attached hydrogens (tertiary/aromatic N) is 5. The van der Waals surface area contributed by atoms with Gasteiger partial charge in [0.25, 0.3) is 0 Å². The molecule has 2 N–H and O–H groups in total. The van der Waals surface area contributed by atoms with Gasteiger partial charge in [-0.1, -0.05) is 18.2 Å². The maximum atomic E-state index is 6.25. The van der Waals surface area contributed by atoms with Crippen LogP contribution in [-0.4, -0.2) is 24.8 Å². The lowest BCUT2D eigenvalue weighted by Gasteiger charge is -2.10. The fraction of sp³-hybridized carbons (Fsp3) is 0.214. The summed E-state index contributed by atoms with van der Waals surface area (Å²) in [5, 5.41) is 12.9. The van der Waals surface area contributed by atoms with Gasteiger partial charge in [0.05, 0.1) is 23.6 Å². The van der Waals surface area contributed by atoms with Crippen LogP contribution in [0.3, 0.4) is 0 Å². The molecule has 0 aliphatic rings. The second-order valence-electron chi connectivity index (χ2n) is 4.44. The summed E-state index contributed by atoms with van der Waals surface area (Å²) in [6.45, 7) is 2.81. The molecule has 0 amide bonds. The topological polar surface area (TPSA) is 74.6 Å². The van der Waals surface area contributed by atoms with E-state index in [1.165, 1.54) is 0 Å². The van der Waals surface area contributed by atoms with Crippen LogP contribution < -0.4 is 5.73 Å². The zero-order chi connectivity index (χ0) is 13.9. The predicted octanol–water partition coefficient (Wildman–Crippen LogP) is 1.53. The van der Waals surface area contributed by atoms with Gasteiger partial charge in [-0.2, -0.15) is 20.1 Å². The Balaban J connectivity index is 1.91. The Morgan fingerprint density at radius 3 is 2.70 bits per heavy atom. The molecule has 2 aromatic heterocycles. The Labute approximate surface area is 116 Å². The molecular weight excluding hydrogens is 252 g/mol. The van der Waals surface area contributed by atoms with Crippen molar-refractivity contribution >= 4 is 0 Å². The van der Waals surface area contributed by atoms with E-state index in [1.54, 1.807) is 17.2 Å². The zero-order valence-electron chi connectivity index (χ0n) is 11.2. The highest BCUT2D eigenvalue weighted by molar-refractivity contribution is 5.29. The van der Waals surface area contributed by atoms with E-state index >= 15 is 0 Å². The largest absolute Gasteiger partial charge is 0.318 e. The minimum Gasteiger partial charge on any atom is -0.318 e. The molecule has 1 unspecified atom stereocenters. The lowest BCUT2D eigenvalue weighted by atomic mass is 10.1. The molecule has 0 aliphatic heterocycles. The molecule has 0 radical (unpaired) electrons. The summed E-state index contributed by atoms with van der Waals surface area (Å²) < 4.78 is 1.87. The normalized spacial score (nSPS) is 12.5. The molecule has 6 heteroatoms. The number of hydrogen-bond acceptors (Lipinski definition) is 4. The summed E-state index contributed by atoms with van der Waals surface area (Å²) in [5.74, 6) is 0. The van der Waals surface area contributed by atoms with Crippen molar-refractivity contribution in [3.8, 4) is 5.69 Å². The smallest absolute Gasteiger partial charge is 0.106 e. The monoisotopic (exact) mass is 268 g/mol. The maximum Gasteiger partial charge on any atom is 0.106 e. The first-order valence-electron chi connectivity index (χ1n) is 6.54. The van der Waals surface area contributed by atoms with Crippen molar-refractivity contribution in [2.24, 2.45) is 5.73 Å². The Kier molecular flexibility index (Phi) is 3.30. The second kappa shape index (κ2) is 5.26. The quantitative estimate of drug-likeness (QED) is 0.778. The number of aryl methyl sites for hydroxylation is 1. The maximum absolute atomic E-state index is 6.25. The van der Waals surface area contributed by atoms with Crippen LogP contribution in [0.5, 0.6) is 0 Å². The van der Waals surface area contributed by atoms with Crippen molar-refractivity contribution < 1.29 is 0 Å². The van der Waals surface area contributed by atoms with Gasteiger partial charge in [0.15, 0.2) is 0 Å². The molecule has 0 bridgehead atoms. The van der Waals surface area contributed by atoms with Crippen LogP contribution in [0.4, 0.5) is 0 Å². The Bertz CT molecular complexity index is 685. The summed E-state index contributed by atoms with van der Waals surface area (Å²) >= 11 is 0. The van der Waals surface area contributed by atoms with E-state index in [2.05, 4.69) is 15.3 Å². The summed E-state index contributed by atoms with van der Waals surface area (Å²) in [6.07, 6.45) is 3.45. The van der Waals surface area contributed by atoms with Crippen LogP contribution >= 0.6 is 0 Å². The molecule has 0 spiro atoms. The fourth-order valence-corrected chi connectivity index (χ4v) is 2.13. The van der Waals surface area contributed by atoms with Crippen molar-refractivity contribution in [2.75, 3.05) is 0 Å². The van der Waals surface area contributed by atoms with Crippen LogP contribution in [0.2, 0.25) is 0 Å². The third kappa shape index (κ3) is 2.21. The van der Waals surface area contributed by atoms with Crippen LogP contribution in [-0.2, 0) is 6.54 Å². The van der Waals surface area contributed by atoms with E-state index in [9.17, 15) is 0 Å². The molecule has 1 aromatic carbocycles. The van der Waals surface area contributed by atoms with E-state index < -0.39 is 0 Å². The van der Waals surface area contributed by atoms with Gasteiger partial charge in [-0.15, -0.1) is 0 Å². The average molecular weight is 268 g/mol.